The molecular weight excluding hydrogens is 358 g/mol. The molecule has 0 saturated carbocycles. The fourth-order valence-electron chi connectivity index (χ4n) is 3.55. The van der Waals surface area contributed by atoms with E-state index in [2.05, 4.69) is 14.8 Å². The maximum absolute atomic E-state index is 5.90. The van der Waals surface area contributed by atoms with Crippen LogP contribution in [0.1, 0.15) is 5.56 Å². The van der Waals surface area contributed by atoms with Gasteiger partial charge in [0.2, 0.25) is 0 Å². The Bertz CT molecular complexity index is 890. The van der Waals surface area contributed by atoms with Gasteiger partial charge >= 0.3 is 0 Å². The van der Waals surface area contributed by atoms with E-state index in [0.717, 1.165) is 66.6 Å². The first kappa shape index (κ1) is 18.4. The van der Waals surface area contributed by atoms with Crippen LogP contribution in [-0.4, -0.2) is 57.4 Å². The molecule has 0 spiro atoms. The Morgan fingerprint density at radius 2 is 1.61 bits per heavy atom. The lowest BCUT2D eigenvalue weighted by Crippen LogP contribution is -2.46. The molecule has 0 amide bonds. The van der Waals surface area contributed by atoms with Gasteiger partial charge in [-0.05, 0) is 12.1 Å². The number of rotatable bonds is 6. The molecule has 0 bridgehead atoms. The van der Waals surface area contributed by atoms with Crippen LogP contribution in [0.15, 0.2) is 40.8 Å². The average molecular weight is 383 g/mol. The summed E-state index contributed by atoms with van der Waals surface area (Å²) in [6.45, 7) is 4.26. The highest BCUT2D eigenvalue weighted by atomic mass is 16.5. The van der Waals surface area contributed by atoms with Crippen LogP contribution in [0.5, 0.6) is 17.2 Å². The number of hydrogen-bond acceptors (Lipinski definition) is 7. The van der Waals surface area contributed by atoms with E-state index in [0.29, 0.717) is 6.01 Å². The first-order chi connectivity index (χ1) is 13.7. The molecule has 0 N–H and O–H groups in total. The monoisotopic (exact) mass is 383 g/mol. The summed E-state index contributed by atoms with van der Waals surface area (Å²) >= 11 is 0. The Hall–Kier alpha value is -2.93. The van der Waals surface area contributed by atoms with Crippen LogP contribution in [-0.2, 0) is 6.54 Å². The predicted octanol–water partition coefficient (Wildman–Crippen LogP) is 3.18. The van der Waals surface area contributed by atoms with Crippen LogP contribution < -0.4 is 19.1 Å². The zero-order valence-corrected chi connectivity index (χ0v) is 16.5. The number of para-hydroxylation sites is 2. The first-order valence-electron chi connectivity index (χ1n) is 9.33. The minimum absolute atomic E-state index is 0.695. The smallest absolute Gasteiger partial charge is 0.298 e. The Balaban J connectivity index is 1.46. The first-order valence-corrected chi connectivity index (χ1v) is 9.33. The molecule has 1 aliphatic heterocycles. The second-order valence-corrected chi connectivity index (χ2v) is 6.74. The van der Waals surface area contributed by atoms with Gasteiger partial charge in [-0.15, -0.1) is 0 Å². The van der Waals surface area contributed by atoms with Crippen molar-refractivity contribution in [3.05, 3.63) is 42.0 Å². The number of aromatic nitrogens is 1. The number of ether oxygens (including phenoxy) is 3. The molecule has 2 aromatic carbocycles. The van der Waals surface area contributed by atoms with Crippen LogP contribution in [0.25, 0.3) is 11.1 Å². The fraction of sp³-hybridized carbons (Fsp3) is 0.381. The summed E-state index contributed by atoms with van der Waals surface area (Å²) in [5, 5.41) is 0. The average Bonchev–Trinajstić information content (AvgIpc) is 3.18. The number of fused-ring (bicyclic) bond motifs is 1. The van der Waals surface area contributed by atoms with Gasteiger partial charge in [-0.25, -0.2) is 0 Å². The lowest BCUT2D eigenvalue weighted by atomic mass is 10.1. The number of nitrogens with zero attached hydrogens (tertiary/aromatic N) is 3. The number of methoxy groups -OCH3 is 3. The maximum Gasteiger partial charge on any atom is 0.298 e. The van der Waals surface area contributed by atoms with Crippen LogP contribution in [0.2, 0.25) is 0 Å². The number of anilines is 1. The number of hydrogen-bond donors (Lipinski definition) is 0. The SMILES string of the molecule is COc1cc(OC)c(CN2CCN(c3nc4ccccc4o3)CC2)c(OC)c1. The zero-order chi connectivity index (χ0) is 19.5. The Labute approximate surface area is 164 Å². The fourth-order valence-corrected chi connectivity index (χ4v) is 3.55. The summed E-state index contributed by atoms with van der Waals surface area (Å²) in [4.78, 5) is 9.18. The summed E-state index contributed by atoms with van der Waals surface area (Å²) in [5.74, 6) is 2.27. The normalized spacial score (nSPS) is 15.0. The topological polar surface area (TPSA) is 60.2 Å². The molecule has 4 rings (SSSR count). The van der Waals surface area contributed by atoms with Gasteiger partial charge in [0.05, 0.1) is 26.9 Å². The molecule has 1 aliphatic rings. The molecule has 3 aromatic rings. The van der Waals surface area contributed by atoms with E-state index in [4.69, 9.17) is 18.6 Å². The molecule has 0 atom stereocenters. The number of piperazine rings is 1. The van der Waals surface area contributed by atoms with Gasteiger partial charge in [-0.3, -0.25) is 4.90 Å². The third-order valence-electron chi connectivity index (χ3n) is 5.12. The summed E-state index contributed by atoms with van der Waals surface area (Å²) in [6.07, 6.45) is 0. The van der Waals surface area contributed by atoms with Crippen LogP contribution in [0, 0.1) is 0 Å². The molecule has 0 unspecified atom stereocenters. The second-order valence-electron chi connectivity index (χ2n) is 6.74. The van der Waals surface area contributed by atoms with Crippen molar-refractivity contribution in [3.63, 3.8) is 0 Å². The minimum Gasteiger partial charge on any atom is -0.496 e. The van der Waals surface area contributed by atoms with Crippen molar-refractivity contribution < 1.29 is 18.6 Å². The Morgan fingerprint density at radius 1 is 0.929 bits per heavy atom. The van der Waals surface area contributed by atoms with E-state index in [9.17, 15) is 0 Å². The molecule has 2 heterocycles. The lowest BCUT2D eigenvalue weighted by Gasteiger charge is -2.34. The Morgan fingerprint density at radius 3 is 2.21 bits per heavy atom. The molecule has 1 saturated heterocycles. The van der Waals surface area contributed by atoms with Gasteiger partial charge in [0.1, 0.15) is 22.8 Å². The predicted molar refractivity (Wildman–Crippen MR) is 108 cm³/mol. The second kappa shape index (κ2) is 7.98. The molecule has 148 valence electrons. The van der Waals surface area contributed by atoms with Crippen molar-refractivity contribution in [1.29, 1.82) is 0 Å². The molecular formula is C21H25N3O4. The van der Waals surface area contributed by atoms with Gasteiger partial charge in [0.15, 0.2) is 5.58 Å². The van der Waals surface area contributed by atoms with Gasteiger partial charge in [-0.2, -0.15) is 4.98 Å². The van der Waals surface area contributed by atoms with Crippen molar-refractivity contribution in [3.8, 4) is 17.2 Å². The van der Waals surface area contributed by atoms with Crippen molar-refractivity contribution in [2.75, 3.05) is 52.4 Å². The molecule has 28 heavy (non-hydrogen) atoms. The highest BCUT2D eigenvalue weighted by Gasteiger charge is 2.23. The van der Waals surface area contributed by atoms with E-state index in [1.807, 2.05) is 36.4 Å². The van der Waals surface area contributed by atoms with Crippen LogP contribution in [0.4, 0.5) is 6.01 Å². The van der Waals surface area contributed by atoms with Gasteiger partial charge in [0, 0.05) is 44.9 Å². The van der Waals surface area contributed by atoms with Crippen LogP contribution in [0.3, 0.4) is 0 Å². The van der Waals surface area contributed by atoms with Crippen molar-refractivity contribution in [1.82, 2.24) is 9.88 Å². The van der Waals surface area contributed by atoms with E-state index < -0.39 is 0 Å². The van der Waals surface area contributed by atoms with Gasteiger partial charge < -0.3 is 23.5 Å². The zero-order valence-electron chi connectivity index (χ0n) is 16.5. The number of benzene rings is 2. The lowest BCUT2D eigenvalue weighted by molar-refractivity contribution is 0.237. The van der Waals surface area contributed by atoms with E-state index in [1.54, 1.807) is 21.3 Å². The molecule has 0 aliphatic carbocycles. The molecule has 1 fully saturated rings. The summed E-state index contributed by atoms with van der Waals surface area (Å²) in [6, 6.07) is 12.3. The van der Waals surface area contributed by atoms with Crippen LogP contribution >= 0.6 is 0 Å². The molecule has 7 nitrogen and oxygen atoms in total. The Kier molecular flexibility index (Phi) is 5.25. The standard InChI is InChI=1S/C21H25N3O4/c1-25-15-12-19(26-2)16(20(13-15)27-3)14-23-8-10-24(11-9-23)21-22-17-6-4-5-7-18(17)28-21/h4-7,12-13H,8-11,14H2,1-3H3. The largest absolute Gasteiger partial charge is 0.496 e. The van der Waals surface area contributed by atoms with Gasteiger partial charge in [0.25, 0.3) is 6.01 Å². The summed E-state index contributed by atoms with van der Waals surface area (Å²) < 4.78 is 22.4. The van der Waals surface area contributed by atoms with Crippen molar-refractivity contribution >= 4 is 17.1 Å². The third-order valence-corrected chi connectivity index (χ3v) is 5.12. The van der Waals surface area contributed by atoms with Crippen molar-refractivity contribution in [2.45, 2.75) is 6.54 Å². The highest BCUT2D eigenvalue weighted by molar-refractivity contribution is 5.74. The minimum atomic E-state index is 0.695. The third kappa shape index (κ3) is 3.57. The summed E-state index contributed by atoms with van der Waals surface area (Å²) in [7, 11) is 4.98. The molecule has 1 aromatic heterocycles. The molecule has 7 heteroatoms. The quantitative estimate of drug-likeness (QED) is 0.648. The molecule has 0 radical (unpaired) electrons. The van der Waals surface area contributed by atoms with E-state index >= 15 is 0 Å². The van der Waals surface area contributed by atoms with E-state index in [1.165, 1.54) is 0 Å². The highest BCUT2D eigenvalue weighted by Crippen LogP contribution is 2.35. The van der Waals surface area contributed by atoms with Crippen molar-refractivity contribution in [2.24, 2.45) is 0 Å². The summed E-state index contributed by atoms with van der Waals surface area (Å²) in [5.41, 5.74) is 2.75. The van der Waals surface area contributed by atoms with E-state index in [-0.39, 0.29) is 0 Å². The number of oxazole rings is 1. The van der Waals surface area contributed by atoms with Gasteiger partial charge in [-0.1, -0.05) is 12.1 Å². The maximum atomic E-state index is 5.90.